The molecule has 42 heavy (non-hydrogen) atoms. The van der Waals surface area contributed by atoms with E-state index in [-0.39, 0.29) is 16.9 Å². The molecule has 1 atom stereocenters. The Hall–Kier alpha value is -4.09. The SMILES string of the molecule is CCC(Sc1cccc(NC(=O)/C(=C/c2cccc(OC)c2)NC(=O)c2ccccc2)c1)C(=O)Nc1ccc(I)cc1. The average molecular weight is 692 g/mol. The Morgan fingerprint density at radius 2 is 1.60 bits per heavy atom. The maximum atomic E-state index is 13.5. The molecule has 1 unspecified atom stereocenters. The highest BCUT2D eigenvalue weighted by Crippen LogP contribution is 2.29. The lowest BCUT2D eigenvalue weighted by Gasteiger charge is -2.16. The van der Waals surface area contributed by atoms with E-state index < -0.39 is 11.8 Å². The molecule has 3 N–H and O–H groups in total. The number of ether oxygens (including phenoxy) is 1. The summed E-state index contributed by atoms with van der Waals surface area (Å²) < 4.78 is 6.39. The van der Waals surface area contributed by atoms with Crippen LogP contribution in [0.4, 0.5) is 11.4 Å². The first-order valence-corrected chi connectivity index (χ1v) is 15.2. The highest BCUT2D eigenvalue weighted by atomic mass is 127. The molecule has 4 aromatic rings. The van der Waals surface area contributed by atoms with Gasteiger partial charge in [-0.2, -0.15) is 0 Å². The zero-order chi connectivity index (χ0) is 29.9. The van der Waals surface area contributed by atoms with Gasteiger partial charge < -0.3 is 20.7 Å². The molecule has 3 amide bonds. The summed E-state index contributed by atoms with van der Waals surface area (Å²) in [5, 5.41) is 8.28. The Kier molecular flexibility index (Phi) is 11.2. The summed E-state index contributed by atoms with van der Waals surface area (Å²) in [6.07, 6.45) is 2.22. The fourth-order valence-electron chi connectivity index (χ4n) is 3.93. The third kappa shape index (κ3) is 8.95. The molecule has 4 aromatic carbocycles. The molecule has 0 bridgehead atoms. The summed E-state index contributed by atoms with van der Waals surface area (Å²) >= 11 is 3.64. The van der Waals surface area contributed by atoms with Crippen LogP contribution in [0.25, 0.3) is 6.08 Å². The minimum Gasteiger partial charge on any atom is -0.497 e. The van der Waals surface area contributed by atoms with Crippen LogP contribution in [0, 0.1) is 3.57 Å². The number of halogens is 1. The van der Waals surface area contributed by atoms with Crippen LogP contribution >= 0.6 is 34.4 Å². The van der Waals surface area contributed by atoms with Crippen LogP contribution in [0.3, 0.4) is 0 Å². The van der Waals surface area contributed by atoms with Crippen molar-refractivity contribution < 1.29 is 19.1 Å². The second kappa shape index (κ2) is 15.2. The van der Waals surface area contributed by atoms with Gasteiger partial charge in [-0.25, -0.2) is 0 Å². The Labute approximate surface area is 263 Å². The molecule has 0 radical (unpaired) electrons. The fraction of sp³-hybridized carbons (Fsp3) is 0.121. The van der Waals surface area contributed by atoms with Gasteiger partial charge in [0.1, 0.15) is 11.4 Å². The lowest BCUT2D eigenvalue weighted by molar-refractivity contribution is -0.116. The van der Waals surface area contributed by atoms with Crippen molar-refractivity contribution >= 4 is 69.5 Å². The summed E-state index contributed by atoms with van der Waals surface area (Å²) in [5.41, 5.74) is 2.45. The lowest BCUT2D eigenvalue weighted by Crippen LogP contribution is -2.30. The summed E-state index contributed by atoms with van der Waals surface area (Å²) in [5.74, 6) is -0.369. The predicted molar refractivity (Wildman–Crippen MR) is 178 cm³/mol. The van der Waals surface area contributed by atoms with Gasteiger partial charge in [-0.3, -0.25) is 14.4 Å². The molecule has 0 spiro atoms. The Bertz CT molecular complexity index is 1580. The van der Waals surface area contributed by atoms with Gasteiger partial charge in [0, 0.05) is 25.4 Å². The molecule has 0 aliphatic carbocycles. The van der Waals surface area contributed by atoms with E-state index in [0.29, 0.717) is 29.0 Å². The van der Waals surface area contributed by atoms with Gasteiger partial charge in [-0.05, 0) is 107 Å². The third-order valence-corrected chi connectivity index (χ3v) is 8.16. The fourth-order valence-corrected chi connectivity index (χ4v) is 5.30. The number of rotatable bonds is 11. The van der Waals surface area contributed by atoms with E-state index in [0.717, 1.165) is 14.2 Å². The standard InChI is InChI=1S/C33H30IN3O4S/c1-3-30(33(40)35-25-17-15-24(34)16-18-25)42-28-14-8-12-26(21-28)36-32(39)29(20-22-9-7-13-27(19-22)41-2)37-31(38)23-10-5-4-6-11-23/h4-21,30H,3H2,1-2H3,(H,35,40)(H,36,39)(H,37,38)/b29-20-. The van der Waals surface area contributed by atoms with Gasteiger partial charge in [0.05, 0.1) is 12.4 Å². The smallest absolute Gasteiger partial charge is 0.272 e. The number of methoxy groups -OCH3 is 1. The van der Waals surface area contributed by atoms with Crippen LogP contribution in [0.1, 0.15) is 29.3 Å². The number of hydrogen-bond donors (Lipinski definition) is 3. The first kappa shape index (κ1) is 30.9. The first-order valence-electron chi connectivity index (χ1n) is 13.2. The van der Waals surface area contributed by atoms with E-state index in [2.05, 4.69) is 38.5 Å². The van der Waals surface area contributed by atoms with E-state index in [9.17, 15) is 14.4 Å². The van der Waals surface area contributed by atoms with Crippen LogP contribution in [-0.2, 0) is 9.59 Å². The van der Waals surface area contributed by atoms with Crippen molar-refractivity contribution in [1.29, 1.82) is 0 Å². The maximum Gasteiger partial charge on any atom is 0.272 e. The summed E-state index contributed by atoms with van der Waals surface area (Å²) in [6, 6.07) is 30.8. The molecule has 214 valence electrons. The van der Waals surface area contributed by atoms with Crippen molar-refractivity contribution in [3.05, 3.63) is 124 Å². The van der Waals surface area contributed by atoms with Crippen LogP contribution in [0.5, 0.6) is 5.75 Å². The molecule has 4 rings (SSSR count). The van der Waals surface area contributed by atoms with Crippen molar-refractivity contribution in [2.24, 2.45) is 0 Å². The normalized spacial score (nSPS) is 11.7. The van der Waals surface area contributed by atoms with E-state index in [1.807, 2.05) is 61.5 Å². The number of carbonyl (C=O) groups excluding carboxylic acids is 3. The molecular formula is C33H30IN3O4S. The number of hydrogen-bond acceptors (Lipinski definition) is 5. The van der Waals surface area contributed by atoms with Gasteiger partial charge in [0.15, 0.2) is 0 Å². The average Bonchev–Trinajstić information content (AvgIpc) is 3.01. The topological polar surface area (TPSA) is 96.5 Å². The first-order chi connectivity index (χ1) is 20.3. The summed E-state index contributed by atoms with van der Waals surface area (Å²) in [7, 11) is 1.56. The van der Waals surface area contributed by atoms with Crippen LogP contribution in [0.2, 0.25) is 0 Å². The van der Waals surface area contributed by atoms with Crippen LogP contribution in [0.15, 0.2) is 114 Å². The van der Waals surface area contributed by atoms with Crippen molar-refractivity contribution in [2.75, 3.05) is 17.7 Å². The van der Waals surface area contributed by atoms with E-state index in [1.165, 1.54) is 11.8 Å². The van der Waals surface area contributed by atoms with Crippen LogP contribution < -0.4 is 20.7 Å². The largest absolute Gasteiger partial charge is 0.497 e. The zero-order valence-electron chi connectivity index (χ0n) is 23.1. The molecule has 0 aromatic heterocycles. The minimum atomic E-state index is -0.493. The predicted octanol–water partition coefficient (Wildman–Crippen LogP) is 7.22. The Balaban J connectivity index is 1.51. The summed E-state index contributed by atoms with van der Waals surface area (Å²) in [6.45, 7) is 1.96. The quantitative estimate of drug-likeness (QED) is 0.0878. The molecular weight excluding hydrogens is 661 g/mol. The number of nitrogens with one attached hydrogen (secondary N) is 3. The van der Waals surface area contributed by atoms with Gasteiger partial charge in [0.25, 0.3) is 11.8 Å². The molecule has 0 fully saturated rings. The molecule has 7 nitrogen and oxygen atoms in total. The molecule has 0 aliphatic heterocycles. The van der Waals surface area contributed by atoms with Crippen molar-refractivity contribution in [3.63, 3.8) is 0 Å². The monoisotopic (exact) mass is 691 g/mol. The second-order valence-electron chi connectivity index (χ2n) is 9.15. The van der Waals surface area contributed by atoms with Gasteiger partial charge in [-0.1, -0.05) is 43.3 Å². The molecule has 0 aliphatic rings. The highest BCUT2D eigenvalue weighted by molar-refractivity contribution is 14.1. The Morgan fingerprint density at radius 3 is 2.31 bits per heavy atom. The highest BCUT2D eigenvalue weighted by Gasteiger charge is 2.19. The lowest BCUT2D eigenvalue weighted by atomic mass is 10.1. The maximum absolute atomic E-state index is 13.5. The number of carbonyl (C=O) groups is 3. The Morgan fingerprint density at radius 1 is 0.857 bits per heavy atom. The zero-order valence-corrected chi connectivity index (χ0v) is 26.1. The van der Waals surface area contributed by atoms with Gasteiger partial charge >= 0.3 is 0 Å². The molecule has 0 heterocycles. The molecule has 0 saturated carbocycles. The van der Waals surface area contributed by atoms with E-state index >= 15 is 0 Å². The van der Waals surface area contributed by atoms with E-state index in [1.54, 1.807) is 61.7 Å². The van der Waals surface area contributed by atoms with Gasteiger partial charge in [0.2, 0.25) is 5.91 Å². The number of thioether (sulfide) groups is 1. The number of benzene rings is 4. The second-order valence-corrected chi connectivity index (χ2v) is 11.7. The van der Waals surface area contributed by atoms with E-state index in [4.69, 9.17) is 4.74 Å². The number of amides is 3. The molecule has 0 saturated heterocycles. The third-order valence-electron chi connectivity index (χ3n) is 6.08. The van der Waals surface area contributed by atoms with Crippen LogP contribution in [-0.4, -0.2) is 30.1 Å². The molecule has 9 heteroatoms. The van der Waals surface area contributed by atoms with Crippen molar-refractivity contribution in [1.82, 2.24) is 5.32 Å². The van der Waals surface area contributed by atoms with Gasteiger partial charge in [-0.15, -0.1) is 11.8 Å². The van der Waals surface area contributed by atoms with Crippen molar-refractivity contribution in [3.8, 4) is 5.75 Å². The summed E-state index contributed by atoms with van der Waals surface area (Å²) in [4.78, 5) is 40.2. The number of anilines is 2. The van der Waals surface area contributed by atoms with Crippen molar-refractivity contribution in [2.45, 2.75) is 23.5 Å². The minimum absolute atomic E-state index is 0.0681.